The van der Waals surface area contributed by atoms with Crippen molar-refractivity contribution in [2.24, 2.45) is 5.73 Å². The van der Waals surface area contributed by atoms with Crippen LogP contribution in [0.5, 0.6) is 0 Å². The Kier molecular flexibility index (Phi) is 3.42. The molecule has 2 aromatic rings. The quantitative estimate of drug-likeness (QED) is 0.832. The van der Waals surface area contributed by atoms with Gasteiger partial charge in [0.2, 0.25) is 0 Å². The highest BCUT2D eigenvalue weighted by Gasteiger charge is 2.00. The van der Waals surface area contributed by atoms with Crippen LogP contribution in [-0.4, -0.2) is 10.6 Å². The molecule has 1 atom stereocenters. The molecule has 2 heteroatoms. The lowest BCUT2D eigenvalue weighted by Gasteiger charge is -2.03. The minimum Gasteiger partial charge on any atom is -0.350 e. The summed E-state index contributed by atoms with van der Waals surface area (Å²) in [6.07, 6.45) is 5.24. The molecule has 2 nitrogen and oxygen atoms in total. The van der Waals surface area contributed by atoms with E-state index in [4.69, 9.17) is 5.73 Å². The van der Waals surface area contributed by atoms with Gasteiger partial charge in [-0.05, 0) is 30.5 Å². The maximum Gasteiger partial charge on any atom is 0.0470 e. The van der Waals surface area contributed by atoms with Crippen molar-refractivity contribution in [3.63, 3.8) is 0 Å². The molecule has 0 amide bonds. The normalized spacial score (nSPS) is 12.6. The fourth-order valence-electron chi connectivity index (χ4n) is 1.88. The summed E-state index contributed by atoms with van der Waals surface area (Å²) >= 11 is 0. The van der Waals surface area contributed by atoms with Crippen LogP contribution >= 0.6 is 0 Å². The Balaban J connectivity index is 2.03. The van der Waals surface area contributed by atoms with Crippen LogP contribution in [0.25, 0.3) is 0 Å². The predicted molar refractivity (Wildman–Crippen MR) is 67.3 cm³/mol. The van der Waals surface area contributed by atoms with E-state index in [9.17, 15) is 0 Å². The number of hydrogen-bond acceptors (Lipinski definition) is 1. The van der Waals surface area contributed by atoms with Gasteiger partial charge >= 0.3 is 0 Å². The van der Waals surface area contributed by atoms with E-state index >= 15 is 0 Å². The number of aromatic nitrogens is 1. The maximum absolute atomic E-state index is 5.78. The molecule has 1 heterocycles. The van der Waals surface area contributed by atoms with Crippen molar-refractivity contribution < 1.29 is 0 Å². The van der Waals surface area contributed by atoms with Crippen LogP contribution in [0.4, 0.5) is 0 Å². The van der Waals surface area contributed by atoms with Crippen molar-refractivity contribution in [1.29, 1.82) is 0 Å². The zero-order valence-electron chi connectivity index (χ0n) is 9.63. The average molecular weight is 214 g/mol. The summed E-state index contributed by atoms with van der Waals surface area (Å²) in [5, 5.41) is 0. The van der Waals surface area contributed by atoms with Crippen LogP contribution in [0.2, 0.25) is 0 Å². The monoisotopic (exact) mass is 214 g/mol. The molecule has 1 unspecified atom stereocenters. The smallest absolute Gasteiger partial charge is 0.0470 e. The summed E-state index contributed by atoms with van der Waals surface area (Å²) in [6, 6.07) is 12.8. The van der Waals surface area contributed by atoms with Gasteiger partial charge in [0.05, 0.1) is 0 Å². The maximum atomic E-state index is 5.78. The van der Waals surface area contributed by atoms with Gasteiger partial charge in [-0.3, -0.25) is 0 Å². The second kappa shape index (κ2) is 4.99. The number of hydrogen-bond donors (Lipinski definition) is 1. The van der Waals surface area contributed by atoms with E-state index in [2.05, 4.69) is 47.3 Å². The number of benzene rings is 1. The Morgan fingerprint density at radius 3 is 2.56 bits per heavy atom. The van der Waals surface area contributed by atoms with Gasteiger partial charge in [-0.25, -0.2) is 0 Å². The Hall–Kier alpha value is -1.54. The molecule has 0 aliphatic carbocycles. The lowest BCUT2D eigenvalue weighted by atomic mass is 10.1. The molecule has 0 saturated heterocycles. The van der Waals surface area contributed by atoms with E-state index < -0.39 is 0 Å². The van der Waals surface area contributed by atoms with Gasteiger partial charge in [-0.1, -0.05) is 30.3 Å². The van der Waals surface area contributed by atoms with E-state index in [1.165, 1.54) is 11.1 Å². The molecule has 0 aliphatic heterocycles. The van der Waals surface area contributed by atoms with E-state index in [0.717, 1.165) is 13.0 Å². The van der Waals surface area contributed by atoms with Crippen LogP contribution in [0, 0.1) is 0 Å². The van der Waals surface area contributed by atoms with Gasteiger partial charge in [-0.2, -0.15) is 0 Å². The minimum atomic E-state index is 0.229. The number of nitrogens with zero attached hydrogens (tertiary/aromatic N) is 1. The summed E-state index contributed by atoms with van der Waals surface area (Å²) in [6.45, 7) is 2.97. The molecule has 0 spiro atoms. The molecule has 16 heavy (non-hydrogen) atoms. The van der Waals surface area contributed by atoms with E-state index in [1.807, 2.05) is 13.0 Å². The lowest BCUT2D eigenvalue weighted by Crippen LogP contribution is -2.17. The zero-order chi connectivity index (χ0) is 11.4. The van der Waals surface area contributed by atoms with Crippen molar-refractivity contribution in [1.82, 2.24) is 4.57 Å². The molecule has 2 rings (SSSR count). The second-order valence-electron chi connectivity index (χ2n) is 4.36. The van der Waals surface area contributed by atoms with Gasteiger partial charge in [0, 0.05) is 25.0 Å². The van der Waals surface area contributed by atoms with Crippen molar-refractivity contribution in [3.05, 3.63) is 59.9 Å². The highest BCUT2D eigenvalue weighted by molar-refractivity contribution is 5.18. The van der Waals surface area contributed by atoms with Crippen LogP contribution in [0.3, 0.4) is 0 Å². The Labute approximate surface area is 96.7 Å². The molecule has 0 radical (unpaired) electrons. The predicted octanol–water partition coefficient (Wildman–Crippen LogP) is 2.43. The first-order chi connectivity index (χ1) is 7.74. The van der Waals surface area contributed by atoms with Crippen LogP contribution < -0.4 is 5.73 Å². The average Bonchev–Trinajstić information content (AvgIpc) is 2.66. The largest absolute Gasteiger partial charge is 0.350 e. The number of nitrogens with two attached hydrogens (primary N) is 1. The summed E-state index contributed by atoms with van der Waals surface area (Å²) in [5.41, 5.74) is 8.41. The SMILES string of the molecule is CC(N)Cc1ccn(Cc2ccccc2)c1. The fraction of sp³-hybridized carbons (Fsp3) is 0.286. The van der Waals surface area contributed by atoms with E-state index in [1.54, 1.807) is 0 Å². The third-order valence-electron chi connectivity index (χ3n) is 2.58. The van der Waals surface area contributed by atoms with Crippen molar-refractivity contribution in [3.8, 4) is 0 Å². The summed E-state index contributed by atoms with van der Waals surface area (Å²) < 4.78 is 2.20. The molecule has 1 aromatic heterocycles. The zero-order valence-corrected chi connectivity index (χ0v) is 9.63. The first-order valence-electron chi connectivity index (χ1n) is 5.68. The molecule has 0 aliphatic rings. The molecule has 0 saturated carbocycles. The molecular weight excluding hydrogens is 196 g/mol. The molecule has 1 aromatic carbocycles. The highest BCUT2D eigenvalue weighted by atomic mass is 14.9. The summed E-state index contributed by atoms with van der Waals surface area (Å²) in [7, 11) is 0. The van der Waals surface area contributed by atoms with Crippen LogP contribution in [-0.2, 0) is 13.0 Å². The van der Waals surface area contributed by atoms with Crippen LogP contribution in [0.15, 0.2) is 48.8 Å². The lowest BCUT2D eigenvalue weighted by molar-refractivity contribution is 0.732. The molecule has 84 valence electrons. The van der Waals surface area contributed by atoms with Crippen molar-refractivity contribution >= 4 is 0 Å². The van der Waals surface area contributed by atoms with Gasteiger partial charge in [0.25, 0.3) is 0 Å². The molecular formula is C14H18N2. The topological polar surface area (TPSA) is 30.9 Å². The van der Waals surface area contributed by atoms with Gasteiger partial charge in [0.1, 0.15) is 0 Å². The van der Waals surface area contributed by atoms with Crippen LogP contribution in [0.1, 0.15) is 18.1 Å². The van der Waals surface area contributed by atoms with Gasteiger partial charge in [-0.15, -0.1) is 0 Å². The third-order valence-corrected chi connectivity index (χ3v) is 2.58. The second-order valence-corrected chi connectivity index (χ2v) is 4.36. The van der Waals surface area contributed by atoms with Gasteiger partial charge < -0.3 is 10.3 Å². The minimum absolute atomic E-state index is 0.229. The van der Waals surface area contributed by atoms with Crippen molar-refractivity contribution in [2.45, 2.75) is 25.9 Å². The summed E-state index contributed by atoms with van der Waals surface area (Å²) in [4.78, 5) is 0. The standard InChI is InChI=1S/C14H18N2/c1-12(15)9-14-7-8-16(11-14)10-13-5-3-2-4-6-13/h2-8,11-12H,9-10,15H2,1H3. The van der Waals surface area contributed by atoms with Crippen molar-refractivity contribution in [2.75, 3.05) is 0 Å². The van der Waals surface area contributed by atoms with E-state index in [-0.39, 0.29) is 6.04 Å². The van der Waals surface area contributed by atoms with Gasteiger partial charge in [0.15, 0.2) is 0 Å². The first kappa shape index (κ1) is 11.0. The highest BCUT2D eigenvalue weighted by Crippen LogP contribution is 2.07. The molecule has 0 bridgehead atoms. The molecule has 0 fully saturated rings. The summed E-state index contributed by atoms with van der Waals surface area (Å²) in [5.74, 6) is 0. The molecule has 2 N–H and O–H groups in total. The first-order valence-corrected chi connectivity index (χ1v) is 5.68. The number of rotatable bonds is 4. The third kappa shape index (κ3) is 2.97. The fourth-order valence-corrected chi connectivity index (χ4v) is 1.88. The Bertz CT molecular complexity index is 429. The van der Waals surface area contributed by atoms with E-state index in [0.29, 0.717) is 0 Å². The Morgan fingerprint density at radius 2 is 1.88 bits per heavy atom. The Morgan fingerprint density at radius 1 is 1.12 bits per heavy atom.